The first-order chi connectivity index (χ1) is 9.91. The zero-order chi connectivity index (χ0) is 15.6. The second-order valence-electron chi connectivity index (χ2n) is 5.36. The molecule has 2 amide bonds. The Kier molecular flexibility index (Phi) is 4.45. The number of aliphatic carboxylic acids is 1. The Hall–Kier alpha value is -2.11. The van der Waals surface area contributed by atoms with Gasteiger partial charge in [0.25, 0.3) is 0 Å². The molecular weight excluding hydrogens is 275 g/mol. The van der Waals surface area contributed by atoms with E-state index in [2.05, 4.69) is 5.32 Å². The van der Waals surface area contributed by atoms with Crippen LogP contribution < -0.4 is 5.32 Å². The van der Waals surface area contributed by atoms with Gasteiger partial charge in [0.1, 0.15) is 5.82 Å². The van der Waals surface area contributed by atoms with Crippen molar-refractivity contribution in [2.45, 2.75) is 32.4 Å². The molecule has 1 fully saturated rings. The molecule has 114 valence electrons. The quantitative estimate of drug-likeness (QED) is 0.899. The minimum absolute atomic E-state index is 0.359. The van der Waals surface area contributed by atoms with E-state index >= 15 is 0 Å². The first-order valence-corrected chi connectivity index (χ1v) is 6.96. The Labute approximate surface area is 122 Å². The van der Waals surface area contributed by atoms with Gasteiger partial charge in [0.05, 0.1) is 12.0 Å². The molecule has 0 aromatic heterocycles. The lowest BCUT2D eigenvalue weighted by Crippen LogP contribution is -2.44. The number of carboxylic acid groups (broad SMARTS) is 1. The van der Waals surface area contributed by atoms with Crippen LogP contribution in [-0.4, -0.2) is 34.6 Å². The highest BCUT2D eigenvalue weighted by Gasteiger charge is 2.38. The second-order valence-corrected chi connectivity index (χ2v) is 5.36. The number of likely N-dealkylation sites (tertiary alicyclic amines) is 1. The molecular formula is C15H19FN2O3. The zero-order valence-electron chi connectivity index (χ0n) is 12.0. The number of urea groups is 1. The van der Waals surface area contributed by atoms with Crippen molar-refractivity contribution in [3.8, 4) is 0 Å². The van der Waals surface area contributed by atoms with Crippen LogP contribution >= 0.6 is 0 Å². The molecule has 1 heterocycles. The number of nitrogens with one attached hydrogen (secondary N) is 1. The number of benzene rings is 1. The number of carboxylic acids is 1. The number of nitrogens with zero attached hydrogens (tertiary/aromatic N) is 1. The fraction of sp³-hybridized carbons (Fsp3) is 0.467. The van der Waals surface area contributed by atoms with E-state index in [4.69, 9.17) is 5.11 Å². The first kappa shape index (κ1) is 15.3. The second kappa shape index (κ2) is 6.11. The van der Waals surface area contributed by atoms with Crippen LogP contribution in [-0.2, 0) is 4.79 Å². The molecule has 1 aliphatic rings. The molecule has 0 aliphatic carbocycles. The molecule has 3 unspecified atom stereocenters. The molecule has 0 bridgehead atoms. The Bertz CT molecular complexity index is 549. The van der Waals surface area contributed by atoms with E-state index in [0.717, 1.165) is 0 Å². The average Bonchev–Trinajstić information content (AvgIpc) is 2.81. The van der Waals surface area contributed by atoms with Gasteiger partial charge in [-0.05, 0) is 26.3 Å². The third-order valence-corrected chi connectivity index (χ3v) is 4.04. The lowest BCUT2D eigenvalue weighted by atomic mass is 10.0. The summed E-state index contributed by atoms with van der Waals surface area (Å²) in [7, 11) is 0. The van der Waals surface area contributed by atoms with Gasteiger partial charge in [-0.2, -0.15) is 0 Å². The van der Waals surface area contributed by atoms with Crippen LogP contribution in [0.25, 0.3) is 0 Å². The van der Waals surface area contributed by atoms with Crippen LogP contribution in [0.3, 0.4) is 0 Å². The molecule has 0 spiro atoms. The summed E-state index contributed by atoms with van der Waals surface area (Å²) < 4.78 is 13.7. The van der Waals surface area contributed by atoms with Crippen molar-refractivity contribution in [2.24, 2.45) is 5.92 Å². The molecule has 2 N–H and O–H groups in total. The van der Waals surface area contributed by atoms with Gasteiger partial charge in [-0.25, -0.2) is 9.18 Å². The maximum atomic E-state index is 13.7. The molecule has 5 nitrogen and oxygen atoms in total. The summed E-state index contributed by atoms with van der Waals surface area (Å²) in [6, 6.07) is 5.06. The normalized spacial score (nSPS) is 22.9. The largest absolute Gasteiger partial charge is 0.481 e. The molecule has 6 heteroatoms. The van der Waals surface area contributed by atoms with Crippen LogP contribution in [0.4, 0.5) is 9.18 Å². The number of hydrogen-bond acceptors (Lipinski definition) is 2. The standard InChI is InChI=1S/C15H19FN2O3/c1-9(11-5-3-4-6-13(11)16)17-15(21)18-8-7-12(10(18)2)14(19)20/h3-6,9-10,12H,7-8H2,1-2H3,(H,17,21)(H,19,20). The lowest BCUT2D eigenvalue weighted by Gasteiger charge is -2.26. The smallest absolute Gasteiger partial charge is 0.318 e. The maximum absolute atomic E-state index is 13.7. The van der Waals surface area contributed by atoms with Gasteiger partial charge < -0.3 is 15.3 Å². The van der Waals surface area contributed by atoms with E-state index in [9.17, 15) is 14.0 Å². The van der Waals surface area contributed by atoms with E-state index in [0.29, 0.717) is 18.5 Å². The Morgan fingerprint density at radius 1 is 1.43 bits per heavy atom. The summed E-state index contributed by atoms with van der Waals surface area (Å²) in [5.41, 5.74) is 0.410. The van der Waals surface area contributed by atoms with E-state index in [1.807, 2.05) is 0 Å². The predicted molar refractivity (Wildman–Crippen MR) is 75.3 cm³/mol. The van der Waals surface area contributed by atoms with Crippen molar-refractivity contribution in [1.29, 1.82) is 0 Å². The third kappa shape index (κ3) is 3.15. The first-order valence-electron chi connectivity index (χ1n) is 6.96. The number of rotatable bonds is 3. The van der Waals surface area contributed by atoms with Crippen molar-refractivity contribution in [1.82, 2.24) is 10.2 Å². The Morgan fingerprint density at radius 3 is 2.67 bits per heavy atom. The number of carbonyl (C=O) groups excluding carboxylic acids is 1. The molecule has 3 atom stereocenters. The molecule has 2 rings (SSSR count). The van der Waals surface area contributed by atoms with Gasteiger partial charge in [-0.1, -0.05) is 18.2 Å². The van der Waals surface area contributed by atoms with E-state index in [1.165, 1.54) is 11.0 Å². The third-order valence-electron chi connectivity index (χ3n) is 4.04. The number of amides is 2. The van der Waals surface area contributed by atoms with Gasteiger partial charge in [-0.15, -0.1) is 0 Å². The van der Waals surface area contributed by atoms with Crippen LogP contribution in [0.2, 0.25) is 0 Å². The highest BCUT2D eigenvalue weighted by Crippen LogP contribution is 2.25. The van der Waals surface area contributed by atoms with Gasteiger partial charge in [-0.3, -0.25) is 4.79 Å². The molecule has 1 aromatic rings. The van der Waals surface area contributed by atoms with Gasteiger partial charge in [0.15, 0.2) is 0 Å². The fourth-order valence-electron chi connectivity index (χ4n) is 2.73. The van der Waals surface area contributed by atoms with E-state index < -0.39 is 17.9 Å². The lowest BCUT2D eigenvalue weighted by molar-refractivity contribution is -0.142. The van der Waals surface area contributed by atoms with Crippen molar-refractivity contribution in [3.63, 3.8) is 0 Å². The van der Waals surface area contributed by atoms with Crippen molar-refractivity contribution in [3.05, 3.63) is 35.6 Å². The predicted octanol–water partition coefficient (Wildman–Crippen LogP) is 2.39. The minimum atomic E-state index is -0.889. The van der Waals surface area contributed by atoms with Crippen molar-refractivity contribution < 1.29 is 19.1 Å². The maximum Gasteiger partial charge on any atom is 0.318 e. The van der Waals surface area contributed by atoms with Crippen molar-refractivity contribution >= 4 is 12.0 Å². The summed E-state index contributed by atoms with van der Waals surface area (Å²) >= 11 is 0. The number of hydrogen-bond donors (Lipinski definition) is 2. The molecule has 21 heavy (non-hydrogen) atoms. The zero-order valence-corrected chi connectivity index (χ0v) is 12.0. The van der Waals surface area contributed by atoms with E-state index in [1.54, 1.807) is 32.0 Å². The fourth-order valence-corrected chi connectivity index (χ4v) is 2.73. The summed E-state index contributed by atoms with van der Waals surface area (Å²) in [6.45, 7) is 3.82. The number of carbonyl (C=O) groups is 2. The minimum Gasteiger partial charge on any atom is -0.481 e. The molecule has 1 aromatic carbocycles. The van der Waals surface area contributed by atoms with Gasteiger partial charge in [0, 0.05) is 18.2 Å². The molecule has 1 aliphatic heterocycles. The summed E-state index contributed by atoms with van der Waals surface area (Å²) in [6.07, 6.45) is 0.442. The number of halogens is 1. The monoisotopic (exact) mass is 294 g/mol. The summed E-state index contributed by atoms with van der Waals surface area (Å²) in [5.74, 6) is -1.80. The van der Waals surface area contributed by atoms with E-state index in [-0.39, 0.29) is 17.9 Å². The highest BCUT2D eigenvalue weighted by atomic mass is 19.1. The summed E-state index contributed by atoms with van der Waals surface area (Å²) in [5, 5.41) is 11.8. The SMILES string of the molecule is CC(NC(=O)N1CCC(C(=O)O)C1C)c1ccccc1F. The Morgan fingerprint density at radius 2 is 2.10 bits per heavy atom. The van der Waals surface area contributed by atoms with Crippen LogP contribution in [0.1, 0.15) is 31.9 Å². The van der Waals surface area contributed by atoms with Gasteiger partial charge in [0.2, 0.25) is 0 Å². The van der Waals surface area contributed by atoms with Crippen LogP contribution in [0.5, 0.6) is 0 Å². The highest BCUT2D eigenvalue weighted by molar-refractivity contribution is 5.78. The van der Waals surface area contributed by atoms with Crippen LogP contribution in [0.15, 0.2) is 24.3 Å². The molecule has 1 saturated heterocycles. The molecule has 0 radical (unpaired) electrons. The molecule has 0 saturated carbocycles. The van der Waals surface area contributed by atoms with Gasteiger partial charge >= 0.3 is 12.0 Å². The average molecular weight is 294 g/mol. The van der Waals surface area contributed by atoms with Crippen molar-refractivity contribution in [2.75, 3.05) is 6.54 Å². The Balaban J connectivity index is 2.02. The summed E-state index contributed by atoms with van der Waals surface area (Å²) in [4.78, 5) is 24.8. The topological polar surface area (TPSA) is 69.6 Å². The van der Waals surface area contributed by atoms with Crippen LogP contribution in [0, 0.1) is 11.7 Å².